The number of anilines is 1. The van der Waals surface area contributed by atoms with Crippen LogP contribution in [-0.4, -0.2) is 47.0 Å². The van der Waals surface area contributed by atoms with E-state index < -0.39 is 35.3 Å². The largest absolute Gasteiger partial charge is 0.482 e. The van der Waals surface area contributed by atoms with E-state index in [2.05, 4.69) is 5.32 Å². The first-order valence-corrected chi connectivity index (χ1v) is 7.92. The van der Waals surface area contributed by atoms with Gasteiger partial charge in [-0.1, -0.05) is 13.8 Å². The number of hydrogen-bond acceptors (Lipinski definition) is 6. The predicted octanol–water partition coefficient (Wildman–Crippen LogP) is 0.936. The van der Waals surface area contributed by atoms with Crippen LogP contribution in [0.1, 0.15) is 20.3 Å². The van der Waals surface area contributed by atoms with E-state index >= 15 is 0 Å². The van der Waals surface area contributed by atoms with Crippen molar-refractivity contribution in [2.24, 2.45) is 5.92 Å². The van der Waals surface area contributed by atoms with E-state index in [9.17, 15) is 29.6 Å². The molecule has 0 spiro atoms. The highest BCUT2D eigenvalue weighted by molar-refractivity contribution is 6.02. The number of non-ortho nitro benzene ring substituents is 1. The number of carboxylic acids is 1. The van der Waals surface area contributed by atoms with Gasteiger partial charge < -0.3 is 15.2 Å². The minimum absolute atomic E-state index is 0.0461. The van der Waals surface area contributed by atoms with Gasteiger partial charge in [0.05, 0.1) is 10.6 Å². The van der Waals surface area contributed by atoms with Gasteiger partial charge in [-0.2, -0.15) is 0 Å². The monoisotopic (exact) mass is 365 g/mol. The summed E-state index contributed by atoms with van der Waals surface area (Å²) in [6.07, 6.45) is 0.236. The fourth-order valence-corrected chi connectivity index (χ4v) is 2.55. The Balaban J connectivity index is 2.19. The molecule has 0 radical (unpaired) electrons. The fourth-order valence-electron chi connectivity index (χ4n) is 2.55. The summed E-state index contributed by atoms with van der Waals surface area (Å²) in [4.78, 5) is 47.0. The van der Waals surface area contributed by atoms with Crippen molar-refractivity contribution in [2.75, 3.05) is 18.1 Å². The minimum Gasteiger partial charge on any atom is -0.482 e. The summed E-state index contributed by atoms with van der Waals surface area (Å²) < 4.78 is 5.21. The molecule has 10 heteroatoms. The van der Waals surface area contributed by atoms with Gasteiger partial charge in [0, 0.05) is 12.1 Å². The number of nitro groups is 1. The predicted molar refractivity (Wildman–Crippen MR) is 90.0 cm³/mol. The molecule has 0 fully saturated rings. The van der Waals surface area contributed by atoms with E-state index in [0.717, 1.165) is 11.0 Å². The zero-order chi connectivity index (χ0) is 19.4. The number of nitrogens with zero attached hydrogens (tertiary/aromatic N) is 2. The van der Waals surface area contributed by atoms with Crippen LogP contribution in [0.5, 0.6) is 5.75 Å². The molecule has 0 bridgehead atoms. The molecule has 0 unspecified atom stereocenters. The van der Waals surface area contributed by atoms with Crippen LogP contribution in [-0.2, 0) is 14.4 Å². The number of carboxylic acid groups (broad SMARTS) is 1. The number of carbonyl (C=O) groups excluding carboxylic acids is 2. The van der Waals surface area contributed by atoms with Crippen molar-refractivity contribution in [3.05, 3.63) is 28.3 Å². The first-order chi connectivity index (χ1) is 12.2. The minimum atomic E-state index is -1.17. The normalized spacial score (nSPS) is 14.4. The summed E-state index contributed by atoms with van der Waals surface area (Å²) in [7, 11) is 0. The maximum absolute atomic E-state index is 12.2. The highest BCUT2D eigenvalue weighted by Gasteiger charge is 2.30. The van der Waals surface area contributed by atoms with Gasteiger partial charge in [-0.25, -0.2) is 4.79 Å². The Hall–Kier alpha value is -3.17. The number of fused-ring (bicyclic) bond motifs is 1. The molecule has 2 amide bonds. The van der Waals surface area contributed by atoms with Gasteiger partial charge in [-0.05, 0) is 18.4 Å². The number of benzene rings is 1. The number of nitrogens with one attached hydrogen (secondary N) is 1. The number of aliphatic carboxylic acids is 1. The van der Waals surface area contributed by atoms with Crippen molar-refractivity contribution in [2.45, 2.75) is 26.3 Å². The highest BCUT2D eigenvalue weighted by atomic mass is 16.6. The molecule has 2 N–H and O–H groups in total. The van der Waals surface area contributed by atoms with Crippen LogP contribution < -0.4 is 15.0 Å². The lowest BCUT2D eigenvalue weighted by molar-refractivity contribution is -0.384. The molecule has 0 aromatic heterocycles. The van der Waals surface area contributed by atoms with Crippen molar-refractivity contribution in [1.29, 1.82) is 0 Å². The van der Waals surface area contributed by atoms with Crippen LogP contribution in [0.4, 0.5) is 11.4 Å². The molecule has 140 valence electrons. The van der Waals surface area contributed by atoms with E-state index in [0.29, 0.717) is 0 Å². The van der Waals surface area contributed by atoms with Crippen molar-refractivity contribution < 1.29 is 29.2 Å². The third-order valence-electron chi connectivity index (χ3n) is 3.74. The van der Waals surface area contributed by atoms with Gasteiger partial charge in [-0.3, -0.25) is 24.6 Å². The van der Waals surface area contributed by atoms with Gasteiger partial charge in [0.25, 0.3) is 11.6 Å². The maximum Gasteiger partial charge on any atom is 0.326 e. The third-order valence-corrected chi connectivity index (χ3v) is 3.74. The van der Waals surface area contributed by atoms with E-state index in [4.69, 9.17) is 4.74 Å². The first-order valence-electron chi connectivity index (χ1n) is 7.92. The second-order valence-electron chi connectivity index (χ2n) is 6.27. The lowest BCUT2D eigenvalue weighted by atomic mass is 10.0. The second-order valence-corrected chi connectivity index (χ2v) is 6.27. The molecule has 1 aromatic rings. The van der Waals surface area contributed by atoms with Crippen molar-refractivity contribution in [3.63, 3.8) is 0 Å². The Morgan fingerprint density at radius 1 is 1.42 bits per heavy atom. The molecule has 10 nitrogen and oxygen atoms in total. The van der Waals surface area contributed by atoms with E-state index in [1.807, 2.05) is 13.8 Å². The standard InChI is InChI=1S/C16H19N3O7/c1-9(2)5-11(16(22)23)17-14(20)7-18-12-6-10(19(24)25)3-4-13(12)26-8-15(18)21/h3-4,6,9,11H,5,7-8H2,1-2H3,(H,17,20)(H,22,23)/t11-/m0/s1. The SMILES string of the molecule is CC(C)C[C@H](NC(=O)CN1C(=O)COc2ccc([N+](=O)[O-])cc21)C(=O)O. The van der Waals surface area contributed by atoms with Crippen molar-refractivity contribution in [3.8, 4) is 5.75 Å². The van der Waals surface area contributed by atoms with Crippen LogP contribution in [0.15, 0.2) is 18.2 Å². The summed E-state index contributed by atoms with van der Waals surface area (Å²) in [6.45, 7) is 2.87. The maximum atomic E-state index is 12.2. The second kappa shape index (κ2) is 7.81. The van der Waals surface area contributed by atoms with Crippen molar-refractivity contribution in [1.82, 2.24) is 5.32 Å². The lowest BCUT2D eigenvalue weighted by Gasteiger charge is -2.29. The first kappa shape index (κ1) is 19.2. The average Bonchev–Trinajstić information content (AvgIpc) is 2.55. The molecule has 1 heterocycles. The summed E-state index contributed by atoms with van der Waals surface area (Å²) in [5.41, 5.74) is -0.156. The number of ether oxygens (including phenoxy) is 1. The molecule has 1 atom stereocenters. The van der Waals surface area contributed by atoms with Crippen LogP contribution >= 0.6 is 0 Å². The topological polar surface area (TPSA) is 139 Å². The summed E-state index contributed by atoms with van der Waals surface area (Å²) in [5, 5.41) is 22.5. The summed E-state index contributed by atoms with van der Waals surface area (Å²) in [5.74, 6) is -2.12. The summed E-state index contributed by atoms with van der Waals surface area (Å²) in [6, 6.07) is 2.64. The lowest BCUT2D eigenvalue weighted by Crippen LogP contribution is -2.49. The zero-order valence-electron chi connectivity index (χ0n) is 14.3. The van der Waals surface area contributed by atoms with Crippen LogP contribution in [0.3, 0.4) is 0 Å². The number of rotatable bonds is 7. The van der Waals surface area contributed by atoms with Gasteiger partial charge in [0.1, 0.15) is 18.3 Å². The molecule has 1 aromatic carbocycles. The molecule has 1 aliphatic rings. The zero-order valence-corrected chi connectivity index (χ0v) is 14.3. The number of hydrogen-bond donors (Lipinski definition) is 2. The molecular formula is C16H19N3O7. The van der Waals surface area contributed by atoms with Crippen molar-refractivity contribution >= 4 is 29.2 Å². The van der Waals surface area contributed by atoms with Crippen LogP contribution in [0.25, 0.3) is 0 Å². The Morgan fingerprint density at radius 2 is 2.12 bits per heavy atom. The number of amides is 2. The Bertz CT molecular complexity index is 747. The molecule has 1 aliphatic heterocycles. The molecule has 0 saturated carbocycles. The Morgan fingerprint density at radius 3 is 2.69 bits per heavy atom. The van der Waals surface area contributed by atoms with E-state index in [1.54, 1.807) is 0 Å². The van der Waals surface area contributed by atoms with E-state index in [-0.39, 0.29) is 36.1 Å². The fraction of sp³-hybridized carbons (Fsp3) is 0.438. The van der Waals surface area contributed by atoms with Gasteiger partial charge >= 0.3 is 5.97 Å². The molecule has 26 heavy (non-hydrogen) atoms. The third kappa shape index (κ3) is 4.47. The Labute approximate surface area is 148 Å². The van der Waals surface area contributed by atoms with Gasteiger partial charge in [0.15, 0.2) is 6.61 Å². The Kier molecular flexibility index (Phi) is 5.75. The number of carbonyl (C=O) groups is 3. The van der Waals surface area contributed by atoms with Crippen LogP contribution in [0, 0.1) is 16.0 Å². The quantitative estimate of drug-likeness (QED) is 0.541. The summed E-state index contributed by atoms with van der Waals surface area (Å²) >= 11 is 0. The molecule has 0 saturated heterocycles. The highest BCUT2D eigenvalue weighted by Crippen LogP contribution is 2.35. The van der Waals surface area contributed by atoms with Gasteiger partial charge in [0.2, 0.25) is 5.91 Å². The average molecular weight is 365 g/mol. The van der Waals surface area contributed by atoms with Crippen LogP contribution in [0.2, 0.25) is 0 Å². The number of nitro benzene ring substituents is 1. The molecule has 2 rings (SSSR count). The molecule has 0 aliphatic carbocycles. The van der Waals surface area contributed by atoms with E-state index in [1.165, 1.54) is 12.1 Å². The molecular weight excluding hydrogens is 346 g/mol. The smallest absolute Gasteiger partial charge is 0.326 e. The van der Waals surface area contributed by atoms with Gasteiger partial charge in [-0.15, -0.1) is 0 Å².